The average Bonchev–Trinajstić information content (AvgIpc) is 2.71. The highest BCUT2D eigenvalue weighted by Crippen LogP contribution is 2.34. The van der Waals surface area contributed by atoms with Crippen LogP contribution >= 0.6 is 0 Å². The minimum Gasteiger partial charge on any atom is -0.506 e. The zero-order chi connectivity index (χ0) is 13.3. The fraction of sp³-hybridized carbons (Fsp3) is 0.250. The van der Waals surface area contributed by atoms with Gasteiger partial charge >= 0.3 is 0 Å². The highest BCUT2D eigenvalue weighted by Gasteiger charge is 2.31. The number of aromatic hydroxyl groups is 1. The van der Waals surface area contributed by atoms with Crippen molar-refractivity contribution in [1.82, 2.24) is 0 Å². The van der Waals surface area contributed by atoms with Crippen LogP contribution in [0, 0.1) is 28.4 Å². The van der Waals surface area contributed by atoms with Gasteiger partial charge in [-0.1, -0.05) is 0 Å². The molecule has 1 heterocycles. The van der Waals surface area contributed by atoms with Crippen LogP contribution in [-0.4, -0.2) is 22.5 Å². The lowest BCUT2D eigenvalue weighted by molar-refractivity contribution is -0.384. The van der Waals surface area contributed by atoms with Gasteiger partial charge in [0.1, 0.15) is 5.75 Å². The van der Waals surface area contributed by atoms with Crippen LogP contribution in [0.2, 0.25) is 0 Å². The Morgan fingerprint density at radius 1 is 1.56 bits per heavy atom. The number of anilines is 1. The molecular weight excluding hydrogens is 236 g/mol. The molecule has 18 heavy (non-hydrogen) atoms. The minimum atomic E-state index is -0.581. The first-order chi connectivity index (χ1) is 8.52. The largest absolute Gasteiger partial charge is 0.506 e. The van der Waals surface area contributed by atoms with E-state index in [1.807, 2.05) is 0 Å². The van der Waals surface area contributed by atoms with Gasteiger partial charge in [-0.05, 0) is 6.07 Å². The van der Waals surface area contributed by atoms with Gasteiger partial charge in [0.15, 0.2) is 0 Å². The first-order valence-electron chi connectivity index (χ1n) is 5.27. The van der Waals surface area contributed by atoms with Crippen LogP contribution in [0.25, 0.3) is 0 Å². The monoisotopic (exact) mass is 246 g/mol. The molecule has 6 nitrogen and oxygen atoms in total. The van der Waals surface area contributed by atoms with Gasteiger partial charge in [-0.2, -0.15) is 0 Å². The summed E-state index contributed by atoms with van der Waals surface area (Å²) in [5.74, 6) is 1.83. The third-order valence-corrected chi connectivity index (χ3v) is 2.82. The van der Waals surface area contributed by atoms with Crippen molar-refractivity contribution in [3.63, 3.8) is 0 Å². The maximum Gasteiger partial charge on any atom is 0.271 e. The zero-order valence-electron chi connectivity index (χ0n) is 9.37. The van der Waals surface area contributed by atoms with Crippen LogP contribution in [0.4, 0.5) is 11.4 Å². The fourth-order valence-electron chi connectivity index (χ4n) is 1.89. The van der Waals surface area contributed by atoms with Crippen molar-refractivity contribution in [2.75, 3.05) is 11.4 Å². The summed E-state index contributed by atoms with van der Waals surface area (Å²) in [7, 11) is 0. The Morgan fingerprint density at radius 2 is 2.28 bits per heavy atom. The number of carbonyl (C=O) groups excluding carboxylic acids is 1. The Bertz CT molecular complexity index is 562. The molecule has 1 aromatic rings. The summed E-state index contributed by atoms with van der Waals surface area (Å²) in [4.78, 5) is 23.1. The molecule has 92 valence electrons. The number of nitro groups is 1. The van der Waals surface area contributed by atoms with Crippen molar-refractivity contribution in [3.05, 3.63) is 28.3 Å². The quantitative estimate of drug-likeness (QED) is 0.484. The van der Waals surface area contributed by atoms with Gasteiger partial charge in [-0.15, -0.1) is 12.3 Å². The van der Waals surface area contributed by atoms with Crippen LogP contribution in [-0.2, 0) is 4.79 Å². The normalized spacial score (nSPS) is 18.7. The third-order valence-electron chi connectivity index (χ3n) is 2.82. The zero-order valence-corrected chi connectivity index (χ0v) is 9.37. The van der Waals surface area contributed by atoms with Gasteiger partial charge < -0.3 is 10.0 Å². The summed E-state index contributed by atoms with van der Waals surface area (Å²) in [6, 6.07) is 3.55. The van der Waals surface area contributed by atoms with Crippen molar-refractivity contribution < 1.29 is 14.8 Å². The standard InChI is InChI=1S/C12H10N2O4/c1-2-8-5-12(16)13(7-8)10-6-9(14(17)18)3-4-11(10)15/h1,3-4,6,8,15H,5,7H2. The number of non-ortho nitro benzene ring substituents is 1. The van der Waals surface area contributed by atoms with Gasteiger partial charge in [-0.3, -0.25) is 14.9 Å². The number of phenols is 1. The highest BCUT2D eigenvalue weighted by atomic mass is 16.6. The maximum atomic E-state index is 11.7. The Kier molecular flexibility index (Phi) is 2.90. The van der Waals surface area contributed by atoms with Crippen molar-refractivity contribution in [2.24, 2.45) is 5.92 Å². The summed E-state index contributed by atoms with van der Waals surface area (Å²) in [6.45, 7) is 0.268. The van der Waals surface area contributed by atoms with Crippen LogP contribution in [0.1, 0.15) is 6.42 Å². The topological polar surface area (TPSA) is 83.7 Å². The molecular formula is C12H10N2O4. The molecule has 1 N–H and O–H groups in total. The second-order valence-electron chi connectivity index (χ2n) is 4.00. The Hall–Kier alpha value is -2.55. The smallest absolute Gasteiger partial charge is 0.271 e. The SMILES string of the molecule is C#CC1CC(=O)N(c2cc([N+](=O)[O-])ccc2O)C1. The number of hydrogen-bond donors (Lipinski definition) is 1. The van der Waals surface area contributed by atoms with E-state index >= 15 is 0 Å². The third kappa shape index (κ3) is 1.98. The fourth-order valence-corrected chi connectivity index (χ4v) is 1.89. The molecule has 1 aromatic carbocycles. The van der Waals surface area contributed by atoms with E-state index in [1.165, 1.54) is 23.1 Å². The van der Waals surface area contributed by atoms with E-state index in [0.717, 1.165) is 0 Å². The van der Waals surface area contributed by atoms with E-state index in [1.54, 1.807) is 0 Å². The van der Waals surface area contributed by atoms with E-state index in [4.69, 9.17) is 6.42 Å². The highest BCUT2D eigenvalue weighted by molar-refractivity contribution is 5.97. The maximum absolute atomic E-state index is 11.7. The molecule has 1 atom stereocenters. The molecule has 2 rings (SSSR count). The molecule has 0 bridgehead atoms. The van der Waals surface area contributed by atoms with Gasteiger partial charge in [-0.25, -0.2) is 0 Å². The number of terminal acetylenes is 1. The summed E-state index contributed by atoms with van der Waals surface area (Å²) >= 11 is 0. The summed E-state index contributed by atoms with van der Waals surface area (Å²) < 4.78 is 0. The lowest BCUT2D eigenvalue weighted by atomic mass is 10.1. The molecule has 1 aliphatic heterocycles. The number of carbonyl (C=O) groups is 1. The van der Waals surface area contributed by atoms with Gasteiger partial charge in [0.2, 0.25) is 5.91 Å². The molecule has 0 radical (unpaired) electrons. The van der Waals surface area contributed by atoms with Crippen molar-refractivity contribution >= 4 is 17.3 Å². The van der Waals surface area contributed by atoms with Gasteiger partial charge in [0.25, 0.3) is 5.69 Å². The first-order valence-corrected chi connectivity index (χ1v) is 5.27. The molecule has 1 fully saturated rings. The first kappa shape index (κ1) is 11.9. The second kappa shape index (κ2) is 4.37. The number of nitro benzene ring substituents is 1. The molecule has 6 heteroatoms. The van der Waals surface area contributed by atoms with E-state index in [2.05, 4.69) is 5.92 Å². The van der Waals surface area contributed by atoms with E-state index < -0.39 is 4.92 Å². The van der Waals surface area contributed by atoms with E-state index in [9.17, 15) is 20.0 Å². The number of phenolic OH excluding ortho intramolecular Hbond substituents is 1. The lowest BCUT2D eigenvalue weighted by Crippen LogP contribution is -2.24. The van der Waals surface area contributed by atoms with Crippen LogP contribution < -0.4 is 4.90 Å². The van der Waals surface area contributed by atoms with Crippen molar-refractivity contribution in [3.8, 4) is 18.1 Å². The Balaban J connectivity index is 2.39. The number of hydrogen-bond acceptors (Lipinski definition) is 4. The molecule has 1 amide bonds. The molecule has 0 aromatic heterocycles. The predicted octanol–water partition coefficient (Wildman–Crippen LogP) is 1.29. The molecule has 0 saturated carbocycles. The van der Waals surface area contributed by atoms with E-state index in [-0.39, 0.29) is 41.9 Å². The van der Waals surface area contributed by atoms with Gasteiger partial charge in [0, 0.05) is 31.0 Å². The van der Waals surface area contributed by atoms with Crippen LogP contribution in [0.5, 0.6) is 5.75 Å². The molecule has 1 saturated heterocycles. The Morgan fingerprint density at radius 3 is 2.83 bits per heavy atom. The molecule has 1 aliphatic rings. The summed E-state index contributed by atoms with van der Waals surface area (Å²) in [6.07, 6.45) is 5.45. The number of benzene rings is 1. The van der Waals surface area contributed by atoms with E-state index in [0.29, 0.717) is 0 Å². The molecule has 0 aliphatic carbocycles. The van der Waals surface area contributed by atoms with Crippen molar-refractivity contribution in [2.45, 2.75) is 6.42 Å². The number of rotatable bonds is 2. The summed E-state index contributed by atoms with van der Waals surface area (Å²) in [5, 5.41) is 20.4. The average molecular weight is 246 g/mol. The van der Waals surface area contributed by atoms with Gasteiger partial charge in [0.05, 0.1) is 10.6 Å². The number of amides is 1. The molecule has 0 spiro atoms. The van der Waals surface area contributed by atoms with Crippen molar-refractivity contribution in [1.29, 1.82) is 0 Å². The second-order valence-corrected chi connectivity index (χ2v) is 4.00. The van der Waals surface area contributed by atoms with Crippen LogP contribution in [0.3, 0.4) is 0 Å². The molecule has 1 unspecified atom stereocenters. The predicted molar refractivity (Wildman–Crippen MR) is 64.1 cm³/mol. The Labute approximate surface area is 103 Å². The number of nitrogens with zero attached hydrogens (tertiary/aromatic N) is 2. The summed E-state index contributed by atoms with van der Waals surface area (Å²) in [5.41, 5.74) is -0.0493. The van der Waals surface area contributed by atoms with Crippen LogP contribution in [0.15, 0.2) is 18.2 Å². The lowest BCUT2D eigenvalue weighted by Gasteiger charge is -2.16. The minimum absolute atomic E-state index is 0.131.